The van der Waals surface area contributed by atoms with Crippen molar-refractivity contribution in [3.05, 3.63) is 0 Å². The fraction of sp³-hybridized carbons (Fsp3) is 0.778. The third-order valence-electron chi connectivity index (χ3n) is 1.99. The van der Waals surface area contributed by atoms with Crippen LogP contribution in [0.2, 0.25) is 0 Å². The molecule has 4 heteroatoms. The molecule has 0 bridgehead atoms. The fourth-order valence-electron chi connectivity index (χ4n) is 1.27. The van der Waals surface area contributed by atoms with Crippen LogP contribution in [0.3, 0.4) is 0 Å². The van der Waals surface area contributed by atoms with Crippen LogP contribution >= 0.6 is 0 Å². The molecular formula is C9H12F3N. The molecular weight excluding hydrogens is 179 g/mol. The first kappa shape index (κ1) is 10.4. The van der Waals surface area contributed by atoms with Crippen molar-refractivity contribution in [2.45, 2.75) is 31.5 Å². The minimum absolute atomic E-state index is 0.120. The highest BCUT2D eigenvalue weighted by Crippen LogP contribution is 2.29. The van der Waals surface area contributed by atoms with Crippen molar-refractivity contribution < 1.29 is 13.2 Å². The van der Waals surface area contributed by atoms with Crippen LogP contribution in [-0.2, 0) is 0 Å². The molecule has 0 spiro atoms. The molecule has 0 saturated heterocycles. The summed E-state index contributed by atoms with van der Waals surface area (Å²) in [4.78, 5) is 1.43. The molecule has 0 aromatic heterocycles. The number of hydrogen-bond donors (Lipinski definition) is 0. The second-order valence-corrected chi connectivity index (χ2v) is 3.27. The van der Waals surface area contributed by atoms with E-state index in [0.717, 1.165) is 12.8 Å². The summed E-state index contributed by atoms with van der Waals surface area (Å²) in [6.45, 7) is -0.458. The molecule has 1 saturated carbocycles. The normalized spacial score (nSPS) is 17.5. The SMILES string of the molecule is C#CCCN(CC(F)(F)F)C1CC1. The molecule has 0 aromatic rings. The smallest absolute Gasteiger partial charge is 0.291 e. The second kappa shape index (κ2) is 4.01. The van der Waals surface area contributed by atoms with Gasteiger partial charge in [-0.15, -0.1) is 12.3 Å². The molecule has 0 amide bonds. The van der Waals surface area contributed by atoms with Gasteiger partial charge in [0, 0.05) is 19.0 Å². The van der Waals surface area contributed by atoms with Gasteiger partial charge in [0.2, 0.25) is 0 Å². The standard InChI is InChI=1S/C9H12F3N/c1-2-3-6-13(8-4-5-8)7-9(10,11)12/h1,8H,3-7H2. The van der Waals surface area contributed by atoms with Gasteiger partial charge >= 0.3 is 6.18 Å². The zero-order valence-electron chi connectivity index (χ0n) is 7.27. The van der Waals surface area contributed by atoms with Gasteiger partial charge in [-0.3, -0.25) is 4.90 Å². The third-order valence-corrected chi connectivity index (χ3v) is 1.99. The Hall–Kier alpha value is -0.690. The number of rotatable bonds is 4. The maximum atomic E-state index is 12.0. The van der Waals surface area contributed by atoms with Crippen molar-refractivity contribution in [2.24, 2.45) is 0 Å². The molecule has 0 aliphatic heterocycles. The van der Waals surface area contributed by atoms with E-state index in [4.69, 9.17) is 6.42 Å². The molecule has 13 heavy (non-hydrogen) atoms. The van der Waals surface area contributed by atoms with Crippen molar-refractivity contribution >= 4 is 0 Å². The summed E-state index contributed by atoms with van der Waals surface area (Å²) in [7, 11) is 0. The van der Waals surface area contributed by atoms with E-state index in [0.29, 0.717) is 13.0 Å². The van der Waals surface area contributed by atoms with Crippen molar-refractivity contribution in [3.8, 4) is 12.3 Å². The molecule has 0 atom stereocenters. The first-order valence-corrected chi connectivity index (χ1v) is 4.27. The van der Waals surface area contributed by atoms with Crippen molar-refractivity contribution in [2.75, 3.05) is 13.1 Å². The zero-order valence-corrected chi connectivity index (χ0v) is 7.27. The van der Waals surface area contributed by atoms with Crippen LogP contribution in [0, 0.1) is 12.3 Å². The van der Waals surface area contributed by atoms with Crippen LogP contribution in [0.5, 0.6) is 0 Å². The Morgan fingerprint density at radius 3 is 2.38 bits per heavy atom. The molecule has 0 aromatic carbocycles. The van der Waals surface area contributed by atoms with E-state index < -0.39 is 12.7 Å². The summed E-state index contributed by atoms with van der Waals surface area (Å²) in [5.74, 6) is 2.36. The van der Waals surface area contributed by atoms with Crippen LogP contribution in [0.25, 0.3) is 0 Å². The van der Waals surface area contributed by atoms with Gasteiger partial charge < -0.3 is 0 Å². The number of halogens is 3. The Balaban J connectivity index is 2.34. The van der Waals surface area contributed by atoms with E-state index in [1.54, 1.807) is 0 Å². The van der Waals surface area contributed by atoms with Gasteiger partial charge in [0.15, 0.2) is 0 Å². The van der Waals surface area contributed by atoms with E-state index in [1.807, 2.05) is 0 Å². The summed E-state index contributed by atoms with van der Waals surface area (Å²) in [5.41, 5.74) is 0. The lowest BCUT2D eigenvalue weighted by atomic mass is 10.3. The predicted molar refractivity (Wildman–Crippen MR) is 44.1 cm³/mol. The third kappa shape index (κ3) is 4.18. The number of alkyl halides is 3. The maximum absolute atomic E-state index is 12.0. The van der Waals surface area contributed by atoms with Gasteiger partial charge in [0.05, 0.1) is 6.54 Å². The van der Waals surface area contributed by atoms with Gasteiger partial charge in [-0.25, -0.2) is 0 Å². The highest BCUT2D eigenvalue weighted by atomic mass is 19.4. The minimum atomic E-state index is -4.10. The van der Waals surface area contributed by atoms with Crippen molar-refractivity contribution in [1.29, 1.82) is 0 Å². The monoisotopic (exact) mass is 191 g/mol. The first-order valence-electron chi connectivity index (χ1n) is 4.27. The molecule has 1 aliphatic rings. The lowest BCUT2D eigenvalue weighted by Crippen LogP contribution is -2.36. The number of nitrogens with zero attached hydrogens (tertiary/aromatic N) is 1. The lowest BCUT2D eigenvalue weighted by molar-refractivity contribution is -0.147. The van der Waals surface area contributed by atoms with Crippen LogP contribution in [-0.4, -0.2) is 30.2 Å². The average Bonchev–Trinajstić information content (AvgIpc) is 2.77. The Morgan fingerprint density at radius 1 is 1.38 bits per heavy atom. The molecule has 74 valence electrons. The van der Waals surface area contributed by atoms with Gasteiger partial charge in [0.25, 0.3) is 0 Å². The summed E-state index contributed by atoms with van der Waals surface area (Å²) < 4.78 is 36.1. The number of hydrogen-bond acceptors (Lipinski definition) is 1. The van der Waals surface area contributed by atoms with Crippen molar-refractivity contribution in [1.82, 2.24) is 4.90 Å². The Labute approximate surface area is 75.9 Å². The van der Waals surface area contributed by atoms with E-state index >= 15 is 0 Å². The topological polar surface area (TPSA) is 3.24 Å². The average molecular weight is 191 g/mol. The molecule has 1 nitrogen and oxygen atoms in total. The second-order valence-electron chi connectivity index (χ2n) is 3.27. The number of terminal acetylenes is 1. The predicted octanol–water partition coefficient (Wildman–Crippen LogP) is 2.04. The maximum Gasteiger partial charge on any atom is 0.401 e. The quantitative estimate of drug-likeness (QED) is 0.614. The van der Waals surface area contributed by atoms with E-state index in [2.05, 4.69) is 5.92 Å². The van der Waals surface area contributed by atoms with Gasteiger partial charge in [-0.05, 0) is 12.8 Å². The van der Waals surface area contributed by atoms with Crippen LogP contribution in [0.4, 0.5) is 13.2 Å². The minimum Gasteiger partial charge on any atom is -0.291 e. The molecule has 1 fully saturated rings. The van der Waals surface area contributed by atoms with E-state index in [9.17, 15) is 13.2 Å². The largest absolute Gasteiger partial charge is 0.401 e. The van der Waals surface area contributed by atoms with Crippen LogP contribution in [0.1, 0.15) is 19.3 Å². The molecule has 0 radical (unpaired) electrons. The van der Waals surface area contributed by atoms with Crippen molar-refractivity contribution in [3.63, 3.8) is 0 Å². The Bertz CT molecular complexity index is 200. The van der Waals surface area contributed by atoms with E-state index in [1.165, 1.54) is 4.90 Å². The summed E-state index contributed by atoms with van der Waals surface area (Å²) >= 11 is 0. The highest BCUT2D eigenvalue weighted by molar-refractivity contribution is 4.90. The van der Waals surface area contributed by atoms with Crippen LogP contribution < -0.4 is 0 Å². The molecule has 1 rings (SSSR count). The highest BCUT2D eigenvalue weighted by Gasteiger charge is 2.37. The molecule has 1 aliphatic carbocycles. The van der Waals surface area contributed by atoms with Gasteiger partial charge in [0.1, 0.15) is 0 Å². The summed E-state index contributed by atoms with van der Waals surface area (Å²) in [5, 5.41) is 0. The Kier molecular flexibility index (Phi) is 3.21. The lowest BCUT2D eigenvalue weighted by Gasteiger charge is -2.22. The van der Waals surface area contributed by atoms with Gasteiger partial charge in [-0.1, -0.05) is 0 Å². The van der Waals surface area contributed by atoms with Crippen LogP contribution in [0.15, 0.2) is 0 Å². The Morgan fingerprint density at radius 2 is 2.00 bits per heavy atom. The van der Waals surface area contributed by atoms with E-state index in [-0.39, 0.29) is 6.04 Å². The van der Waals surface area contributed by atoms with Gasteiger partial charge in [-0.2, -0.15) is 13.2 Å². The zero-order chi connectivity index (χ0) is 9.90. The first-order chi connectivity index (χ1) is 6.03. The molecule has 0 unspecified atom stereocenters. The summed E-state index contributed by atoms with van der Waals surface area (Å²) in [6.07, 6.45) is 3.05. The molecule has 0 heterocycles. The summed E-state index contributed by atoms with van der Waals surface area (Å²) in [6, 6.07) is 0.120. The molecule has 0 N–H and O–H groups in total. The fourth-order valence-corrected chi connectivity index (χ4v) is 1.27.